The van der Waals surface area contributed by atoms with Crippen LogP contribution in [0.4, 0.5) is 4.39 Å². The van der Waals surface area contributed by atoms with Crippen LogP contribution in [0.5, 0.6) is 0 Å². The predicted octanol–water partition coefficient (Wildman–Crippen LogP) is 4.90. The molecule has 2 heterocycles. The van der Waals surface area contributed by atoms with Crippen LogP contribution in [-0.2, 0) is 6.54 Å². The molecule has 5 rings (SSSR count). The fourth-order valence-electron chi connectivity index (χ4n) is 3.82. The number of H-pyrrole nitrogens is 1. The van der Waals surface area contributed by atoms with Gasteiger partial charge in [0.15, 0.2) is 5.78 Å². The molecule has 0 atom stereocenters. The lowest BCUT2D eigenvalue weighted by Crippen LogP contribution is -2.37. The molecule has 0 fully saturated rings. The summed E-state index contributed by atoms with van der Waals surface area (Å²) >= 11 is 1.27. The van der Waals surface area contributed by atoms with Crippen molar-refractivity contribution in [3.8, 4) is 11.1 Å². The molecule has 0 aliphatic rings. The summed E-state index contributed by atoms with van der Waals surface area (Å²) in [5.74, 6) is -0.862. The van der Waals surface area contributed by atoms with Gasteiger partial charge in [-0.05, 0) is 53.1 Å². The molecule has 7 heteroatoms. The minimum Gasteiger partial charge on any atom is -0.298 e. The molecule has 5 nitrogen and oxygen atoms in total. The number of aromatic nitrogens is 2. The van der Waals surface area contributed by atoms with E-state index in [1.165, 1.54) is 29.5 Å². The number of aromatic amines is 1. The third kappa shape index (κ3) is 3.36. The first-order chi connectivity index (χ1) is 15.4. The van der Waals surface area contributed by atoms with Gasteiger partial charge >= 0.3 is 5.69 Å². The highest BCUT2D eigenvalue weighted by Crippen LogP contribution is 2.32. The second-order valence-electron chi connectivity index (χ2n) is 7.62. The quantitative estimate of drug-likeness (QED) is 0.401. The maximum Gasteiger partial charge on any atom is 0.329 e. The summed E-state index contributed by atoms with van der Waals surface area (Å²) in [5, 5.41) is 4.33. The van der Waals surface area contributed by atoms with Gasteiger partial charge in [0, 0.05) is 16.5 Å². The van der Waals surface area contributed by atoms with E-state index < -0.39 is 29.4 Å². The molecule has 0 radical (unpaired) electrons. The van der Waals surface area contributed by atoms with E-state index in [0.717, 1.165) is 20.9 Å². The van der Waals surface area contributed by atoms with Crippen LogP contribution in [0.15, 0.2) is 75.6 Å². The Morgan fingerprint density at radius 1 is 1.03 bits per heavy atom. The summed E-state index contributed by atoms with van der Waals surface area (Å²) in [6, 6.07) is 17.8. The number of halogens is 1. The maximum absolute atomic E-state index is 13.5. The van der Waals surface area contributed by atoms with Crippen LogP contribution >= 0.6 is 11.3 Å². The van der Waals surface area contributed by atoms with Gasteiger partial charge in [-0.1, -0.05) is 36.4 Å². The van der Waals surface area contributed by atoms with Crippen molar-refractivity contribution in [2.24, 2.45) is 0 Å². The standard InChI is InChI=1S/C25H17FN2O3S/c1-14-10-18(8-9-20(14)26)21(29)12-28-24(30)22-19(13-32-23(22)27-25(28)31)17-7-6-15-4-2-3-5-16(15)11-17/h2-11,13H,12H2,1H3,(H,27,31). The smallest absolute Gasteiger partial charge is 0.298 e. The Morgan fingerprint density at radius 2 is 1.81 bits per heavy atom. The average Bonchev–Trinajstić information content (AvgIpc) is 3.21. The van der Waals surface area contributed by atoms with Crippen LogP contribution < -0.4 is 11.2 Å². The van der Waals surface area contributed by atoms with Gasteiger partial charge in [-0.15, -0.1) is 11.3 Å². The number of hydrogen-bond acceptors (Lipinski definition) is 4. The van der Waals surface area contributed by atoms with E-state index >= 15 is 0 Å². The molecule has 0 bridgehead atoms. The first-order valence-electron chi connectivity index (χ1n) is 9.95. The van der Waals surface area contributed by atoms with Gasteiger partial charge in [-0.3, -0.25) is 19.1 Å². The van der Waals surface area contributed by atoms with Crippen LogP contribution in [0.2, 0.25) is 0 Å². The number of hydrogen-bond donors (Lipinski definition) is 1. The van der Waals surface area contributed by atoms with Crippen LogP contribution in [0.25, 0.3) is 32.1 Å². The van der Waals surface area contributed by atoms with Gasteiger partial charge in [0.25, 0.3) is 5.56 Å². The first-order valence-corrected chi connectivity index (χ1v) is 10.8. The first kappa shape index (κ1) is 20.1. The van der Waals surface area contributed by atoms with Crippen LogP contribution in [0.1, 0.15) is 15.9 Å². The number of carbonyl (C=O) groups is 1. The second-order valence-corrected chi connectivity index (χ2v) is 8.50. The fourth-order valence-corrected chi connectivity index (χ4v) is 4.77. The molecule has 5 aromatic rings. The van der Waals surface area contributed by atoms with Crippen LogP contribution in [0, 0.1) is 12.7 Å². The second kappa shape index (κ2) is 7.69. The lowest BCUT2D eigenvalue weighted by Gasteiger charge is -2.07. The average molecular weight is 444 g/mol. The SMILES string of the molecule is Cc1cc(C(=O)Cn2c(=O)[nH]c3scc(-c4ccc5ccccc5c4)c3c2=O)ccc1F. The van der Waals surface area contributed by atoms with Gasteiger partial charge in [0.1, 0.15) is 10.6 Å². The molecule has 0 amide bonds. The number of fused-ring (bicyclic) bond motifs is 2. The molecule has 0 unspecified atom stereocenters. The Labute approximate surface area is 185 Å². The van der Waals surface area contributed by atoms with Crippen molar-refractivity contribution in [3.63, 3.8) is 0 Å². The normalized spacial score (nSPS) is 11.3. The zero-order chi connectivity index (χ0) is 22.4. The highest BCUT2D eigenvalue weighted by molar-refractivity contribution is 7.17. The molecule has 0 aliphatic heterocycles. The lowest BCUT2D eigenvalue weighted by atomic mass is 10.0. The van der Waals surface area contributed by atoms with Gasteiger partial charge in [0.2, 0.25) is 0 Å². The number of benzene rings is 3. The van der Waals surface area contributed by atoms with Gasteiger partial charge < -0.3 is 0 Å². The Kier molecular flexibility index (Phi) is 4.83. The van der Waals surface area contributed by atoms with E-state index in [4.69, 9.17) is 0 Å². The van der Waals surface area contributed by atoms with E-state index in [0.29, 0.717) is 21.3 Å². The Balaban J connectivity index is 1.61. The minimum atomic E-state index is -0.651. The molecular weight excluding hydrogens is 427 g/mol. The number of rotatable bonds is 4. The number of Topliss-reactive ketones (excluding diaryl/α,β-unsaturated/α-hetero) is 1. The number of aryl methyl sites for hydroxylation is 1. The van der Waals surface area contributed by atoms with Gasteiger partial charge in [0.05, 0.1) is 11.9 Å². The number of thiophene rings is 1. The van der Waals surface area contributed by atoms with Crippen molar-refractivity contribution in [3.05, 3.63) is 104 Å². The van der Waals surface area contributed by atoms with E-state index in [1.54, 1.807) is 6.92 Å². The molecule has 1 N–H and O–H groups in total. The van der Waals surface area contributed by atoms with Crippen molar-refractivity contribution in [2.45, 2.75) is 13.5 Å². The van der Waals surface area contributed by atoms with Crippen molar-refractivity contribution >= 4 is 38.1 Å². The molecular formula is C25H17FN2O3S. The van der Waals surface area contributed by atoms with Crippen molar-refractivity contribution < 1.29 is 9.18 Å². The highest BCUT2D eigenvalue weighted by atomic mass is 32.1. The molecule has 0 saturated carbocycles. The fraction of sp³-hybridized carbons (Fsp3) is 0.0800. The van der Waals surface area contributed by atoms with Crippen LogP contribution in [0.3, 0.4) is 0 Å². The molecule has 0 spiro atoms. The summed E-state index contributed by atoms with van der Waals surface area (Å²) in [5.41, 5.74) is 0.947. The van der Waals surface area contributed by atoms with E-state index in [9.17, 15) is 18.8 Å². The molecule has 2 aromatic heterocycles. The lowest BCUT2D eigenvalue weighted by molar-refractivity contribution is 0.0969. The number of ketones is 1. The highest BCUT2D eigenvalue weighted by Gasteiger charge is 2.18. The molecule has 0 saturated heterocycles. The zero-order valence-corrected chi connectivity index (χ0v) is 17.8. The van der Waals surface area contributed by atoms with Gasteiger partial charge in [-0.2, -0.15) is 0 Å². The largest absolute Gasteiger partial charge is 0.329 e. The van der Waals surface area contributed by atoms with Crippen molar-refractivity contribution in [1.29, 1.82) is 0 Å². The topological polar surface area (TPSA) is 71.9 Å². The maximum atomic E-state index is 13.5. The number of carbonyl (C=O) groups excluding carboxylic acids is 1. The molecule has 0 aliphatic carbocycles. The van der Waals surface area contributed by atoms with Gasteiger partial charge in [-0.25, -0.2) is 9.18 Å². The van der Waals surface area contributed by atoms with Crippen LogP contribution in [-0.4, -0.2) is 15.3 Å². The van der Waals surface area contributed by atoms with Crippen molar-refractivity contribution in [1.82, 2.24) is 9.55 Å². The third-order valence-corrected chi connectivity index (χ3v) is 6.45. The monoisotopic (exact) mass is 444 g/mol. The minimum absolute atomic E-state index is 0.246. The summed E-state index contributed by atoms with van der Waals surface area (Å²) < 4.78 is 14.4. The summed E-state index contributed by atoms with van der Waals surface area (Å²) in [7, 11) is 0. The van der Waals surface area contributed by atoms with E-state index in [2.05, 4.69) is 4.98 Å². The Bertz CT molecular complexity index is 1650. The number of nitrogens with one attached hydrogen (secondary N) is 1. The Hall–Kier alpha value is -3.84. The van der Waals surface area contributed by atoms with E-state index in [1.807, 2.05) is 47.8 Å². The van der Waals surface area contributed by atoms with E-state index in [-0.39, 0.29) is 5.56 Å². The zero-order valence-electron chi connectivity index (χ0n) is 17.0. The molecule has 158 valence electrons. The predicted molar refractivity (Wildman–Crippen MR) is 125 cm³/mol. The summed E-state index contributed by atoms with van der Waals surface area (Å²) in [4.78, 5) is 41.8. The Morgan fingerprint density at radius 3 is 2.59 bits per heavy atom. The molecule has 32 heavy (non-hydrogen) atoms. The molecule has 3 aromatic carbocycles. The van der Waals surface area contributed by atoms with Crippen molar-refractivity contribution in [2.75, 3.05) is 0 Å². The summed E-state index contributed by atoms with van der Waals surface area (Å²) in [6.45, 7) is 1.13. The number of nitrogens with zero attached hydrogens (tertiary/aromatic N) is 1. The summed E-state index contributed by atoms with van der Waals surface area (Å²) in [6.07, 6.45) is 0. The third-order valence-electron chi connectivity index (χ3n) is 5.56.